The molecule has 1 heterocycles. The Morgan fingerprint density at radius 1 is 0.976 bits per heavy atom. The van der Waals surface area contributed by atoms with Crippen LogP contribution in [0.15, 0.2) is 108 Å². The van der Waals surface area contributed by atoms with Gasteiger partial charge < -0.3 is 9.64 Å². The molecule has 0 unspecified atom stereocenters. The van der Waals surface area contributed by atoms with Gasteiger partial charge in [-0.3, -0.25) is 19.7 Å². The number of nitro benzene ring substituents is 1. The van der Waals surface area contributed by atoms with Crippen LogP contribution in [0.4, 0.5) is 5.69 Å². The molecular weight excluding hydrogens is 540 g/mol. The van der Waals surface area contributed by atoms with Crippen LogP contribution in [0.3, 0.4) is 0 Å². The summed E-state index contributed by atoms with van der Waals surface area (Å²) in [5, 5.41) is 14.7. The third kappa shape index (κ3) is 7.17. The zero-order chi connectivity index (χ0) is 28.6. The highest BCUT2D eigenvalue weighted by Crippen LogP contribution is 2.39. The van der Waals surface area contributed by atoms with E-state index in [4.69, 9.17) is 4.74 Å². The SMILES string of the molecule is O=C(N/N=C\c1ccc(OCc2ccc([N+](=O)[O-])cc2)cc1)c1ccc([C@H]2SCC(=O)N2Cc2ccccc2)cc1. The molecule has 206 valence electrons. The minimum atomic E-state index is -0.440. The molecule has 5 rings (SSSR count). The number of carbonyl (C=O) groups excluding carboxylic acids is 2. The normalized spacial score (nSPS) is 14.8. The molecule has 0 saturated carbocycles. The fourth-order valence-electron chi connectivity index (χ4n) is 4.24. The van der Waals surface area contributed by atoms with Crippen molar-refractivity contribution < 1.29 is 19.2 Å². The fraction of sp³-hybridized carbons (Fsp3) is 0.129. The molecule has 4 aromatic carbocycles. The summed E-state index contributed by atoms with van der Waals surface area (Å²) < 4.78 is 5.73. The Labute approximate surface area is 241 Å². The molecule has 41 heavy (non-hydrogen) atoms. The molecule has 1 atom stereocenters. The molecule has 0 bridgehead atoms. The van der Waals surface area contributed by atoms with Crippen molar-refractivity contribution in [2.75, 3.05) is 5.75 Å². The van der Waals surface area contributed by atoms with Gasteiger partial charge in [0.1, 0.15) is 17.7 Å². The van der Waals surface area contributed by atoms with Crippen LogP contribution in [0.2, 0.25) is 0 Å². The smallest absolute Gasteiger partial charge is 0.271 e. The molecule has 0 spiro atoms. The number of nitro groups is 1. The second kappa shape index (κ2) is 12.9. The number of carbonyl (C=O) groups is 2. The lowest BCUT2D eigenvalue weighted by molar-refractivity contribution is -0.384. The van der Waals surface area contributed by atoms with Gasteiger partial charge in [-0.25, -0.2) is 5.43 Å². The quantitative estimate of drug-likeness (QED) is 0.149. The van der Waals surface area contributed by atoms with Gasteiger partial charge in [0.15, 0.2) is 0 Å². The molecule has 1 aliphatic rings. The van der Waals surface area contributed by atoms with Crippen molar-refractivity contribution in [3.05, 3.63) is 141 Å². The number of thioether (sulfide) groups is 1. The van der Waals surface area contributed by atoms with E-state index in [1.807, 2.05) is 47.4 Å². The first-order valence-corrected chi connectivity index (χ1v) is 13.9. The average molecular weight is 567 g/mol. The Kier molecular flexibility index (Phi) is 8.70. The molecule has 0 aromatic heterocycles. The van der Waals surface area contributed by atoms with Crippen LogP contribution in [-0.2, 0) is 17.9 Å². The Morgan fingerprint density at radius 2 is 1.68 bits per heavy atom. The molecule has 2 amide bonds. The predicted octanol–water partition coefficient (Wildman–Crippen LogP) is 5.71. The summed E-state index contributed by atoms with van der Waals surface area (Å²) in [5.74, 6) is 0.826. The van der Waals surface area contributed by atoms with Gasteiger partial charge >= 0.3 is 0 Å². The van der Waals surface area contributed by atoms with E-state index in [2.05, 4.69) is 10.5 Å². The van der Waals surface area contributed by atoms with Crippen molar-refractivity contribution >= 4 is 35.5 Å². The number of nitrogens with zero attached hydrogens (tertiary/aromatic N) is 3. The summed E-state index contributed by atoms with van der Waals surface area (Å²) in [6.07, 6.45) is 1.54. The molecule has 0 aliphatic carbocycles. The zero-order valence-electron chi connectivity index (χ0n) is 21.9. The van der Waals surface area contributed by atoms with Crippen LogP contribution in [0, 0.1) is 10.1 Å². The minimum Gasteiger partial charge on any atom is -0.489 e. The number of hydrogen-bond donors (Lipinski definition) is 1. The Balaban J connectivity index is 1.12. The van der Waals surface area contributed by atoms with E-state index < -0.39 is 4.92 Å². The number of hydrogen-bond acceptors (Lipinski definition) is 7. The average Bonchev–Trinajstić information content (AvgIpc) is 3.37. The van der Waals surface area contributed by atoms with Crippen molar-refractivity contribution in [1.29, 1.82) is 0 Å². The van der Waals surface area contributed by atoms with Gasteiger partial charge in [0.25, 0.3) is 11.6 Å². The monoisotopic (exact) mass is 566 g/mol. The molecule has 1 N–H and O–H groups in total. The van der Waals surface area contributed by atoms with Crippen LogP contribution >= 0.6 is 11.8 Å². The van der Waals surface area contributed by atoms with Crippen molar-refractivity contribution in [2.45, 2.75) is 18.5 Å². The van der Waals surface area contributed by atoms with E-state index in [0.29, 0.717) is 23.6 Å². The van der Waals surface area contributed by atoms with Crippen LogP contribution in [0.5, 0.6) is 5.75 Å². The van der Waals surface area contributed by atoms with E-state index >= 15 is 0 Å². The molecule has 10 heteroatoms. The number of ether oxygens (including phenoxy) is 1. The maximum absolute atomic E-state index is 12.6. The van der Waals surface area contributed by atoms with Gasteiger partial charge in [-0.05, 0) is 70.8 Å². The molecule has 1 fully saturated rings. The van der Waals surface area contributed by atoms with E-state index in [9.17, 15) is 19.7 Å². The first kappa shape index (κ1) is 27.6. The lowest BCUT2D eigenvalue weighted by atomic mass is 10.1. The van der Waals surface area contributed by atoms with Gasteiger partial charge in [-0.2, -0.15) is 5.10 Å². The number of benzene rings is 4. The third-order valence-corrected chi connectivity index (χ3v) is 7.69. The molecular formula is C31H26N4O5S. The van der Waals surface area contributed by atoms with Crippen LogP contribution in [-0.4, -0.2) is 33.6 Å². The number of nitrogens with one attached hydrogen (secondary N) is 1. The number of rotatable bonds is 10. The Morgan fingerprint density at radius 3 is 2.37 bits per heavy atom. The molecule has 9 nitrogen and oxygen atoms in total. The van der Waals surface area contributed by atoms with E-state index in [-0.39, 0.29) is 29.5 Å². The molecule has 1 saturated heterocycles. The minimum absolute atomic E-state index is 0.0354. The Bertz CT molecular complexity index is 1540. The van der Waals surface area contributed by atoms with Crippen LogP contribution in [0.1, 0.15) is 38.0 Å². The van der Waals surface area contributed by atoms with Gasteiger partial charge in [0, 0.05) is 24.2 Å². The van der Waals surface area contributed by atoms with Crippen molar-refractivity contribution in [1.82, 2.24) is 10.3 Å². The van der Waals surface area contributed by atoms with Crippen molar-refractivity contribution in [3.8, 4) is 5.75 Å². The lowest BCUT2D eigenvalue weighted by Crippen LogP contribution is -2.27. The van der Waals surface area contributed by atoms with Crippen LogP contribution < -0.4 is 10.2 Å². The maximum atomic E-state index is 12.6. The Hall–Kier alpha value is -4.96. The lowest BCUT2D eigenvalue weighted by Gasteiger charge is -2.24. The van der Waals surface area contributed by atoms with E-state index in [1.165, 1.54) is 18.3 Å². The number of non-ortho nitro benzene ring substituents is 1. The maximum Gasteiger partial charge on any atom is 0.271 e. The fourth-order valence-corrected chi connectivity index (χ4v) is 5.43. The van der Waals surface area contributed by atoms with Gasteiger partial charge in [-0.15, -0.1) is 11.8 Å². The zero-order valence-corrected chi connectivity index (χ0v) is 22.7. The summed E-state index contributed by atoms with van der Waals surface area (Å²) in [5.41, 5.74) is 6.66. The summed E-state index contributed by atoms with van der Waals surface area (Å²) in [4.78, 5) is 37.3. The largest absolute Gasteiger partial charge is 0.489 e. The van der Waals surface area contributed by atoms with E-state index in [1.54, 1.807) is 60.3 Å². The molecule has 1 aliphatic heterocycles. The van der Waals surface area contributed by atoms with E-state index in [0.717, 1.165) is 22.3 Å². The molecule has 0 radical (unpaired) electrons. The number of amides is 2. The highest BCUT2D eigenvalue weighted by molar-refractivity contribution is 8.00. The predicted molar refractivity (Wildman–Crippen MR) is 158 cm³/mol. The summed E-state index contributed by atoms with van der Waals surface area (Å²) in [6.45, 7) is 0.822. The standard InChI is InChI=1S/C31H26N4O5S/c36-29-21-41-31(34(29)19-23-4-2-1-3-5-23)26-12-10-25(11-13-26)30(37)33-32-18-22-8-16-28(17-9-22)40-20-24-6-14-27(15-7-24)35(38)39/h1-18,31H,19-21H2,(H,33,37)/b32-18-/t31-/m1/s1. The van der Waals surface area contributed by atoms with Gasteiger partial charge in [-0.1, -0.05) is 42.5 Å². The highest BCUT2D eigenvalue weighted by atomic mass is 32.2. The first-order valence-electron chi connectivity index (χ1n) is 12.8. The summed E-state index contributed by atoms with van der Waals surface area (Å²) in [7, 11) is 0. The molecule has 4 aromatic rings. The topological polar surface area (TPSA) is 114 Å². The van der Waals surface area contributed by atoms with Gasteiger partial charge in [0.2, 0.25) is 5.91 Å². The third-order valence-electron chi connectivity index (χ3n) is 6.43. The van der Waals surface area contributed by atoms with Crippen molar-refractivity contribution in [3.63, 3.8) is 0 Å². The first-order chi connectivity index (χ1) is 20.0. The van der Waals surface area contributed by atoms with Crippen molar-refractivity contribution in [2.24, 2.45) is 5.10 Å². The van der Waals surface area contributed by atoms with Crippen LogP contribution in [0.25, 0.3) is 0 Å². The summed E-state index contributed by atoms with van der Waals surface area (Å²) >= 11 is 1.58. The summed E-state index contributed by atoms with van der Waals surface area (Å²) in [6, 6.07) is 30.5. The van der Waals surface area contributed by atoms with Gasteiger partial charge in [0.05, 0.1) is 16.9 Å². The second-order valence-electron chi connectivity index (χ2n) is 9.27. The second-order valence-corrected chi connectivity index (χ2v) is 10.3. The highest BCUT2D eigenvalue weighted by Gasteiger charge is 2.32. The number of hydrazone groups is 1.